The van der Waals surface area contributed by atoms with Gasteiger partial charge in [-0.1, -0.05) is 23.2 Å². The Morgan fingerprint density at radius 3 is 2.70 bits per heavy atom. The van der Waals surface area contributed by atoms with E-state index in [0.717, 1.165) is 0 Å². The van der Waals surface area contributed by atoms with Crippen LogP contribution in [0, 0.1) is 5.82 Å². The number of hydrogen-bond acceptors (Lipinski definition) is 4. The molecule has 1 N–H and O–H groups in total. The van der Waals surface area contributed by atoms with Crippen LogP contribution in [0.2, 0.25) is 10.2 Å². The first kappa shape index (κ1) is 13.0. The van der Waals surface area contributed by atoms with Crippen molar-refractivity contribution in [2.45, 2.75) is 0 Å². The third-order valence-electron chi connectivity index (χ3n) is 2.63. The minimum atomic E-state index is -0.480. The van der Waals surface area contributed by atoms with Crippen LogP contribution >= 0.6 is 23.2 Å². The van der Waals surface area contributed by atoms with Gasteiger partial charge in [-0.05, 0) is 30.3 Å². The van der Waals surface area contributed by atoms with Crippen molar-refractivity contribution >= 4 is 45.7 Å². The van der Waals surface area contributed by atoms with Gasteiger partial charge in [-0.15, -0.1) is 0 Å². The summed E-state index contributed by atoms with van der Waals surface area (Å²) in [7, 11) is 0. The smallest absolute Gasteiger partial charge is 0.160 e. The zero-order valence-electron chi connectivity index (χ0n) is 9.94. The van der Waals surface area contributed by atoms with Crippen molar-refractivity contribution < 1.29 is 4.39 Å². The highest BCUT2D eigenvalue weighted by Gasteiger charge is 2.09. The van der Waals surface area contributed by atoms with Crippen LogP contribution in [0.15, 0.2) is 36.7 Å². The van der Waals surface area contributed by atoms with Crippen molar-refractivity contribution in [2.24, 2.45) is 0 Å². The highest BCUT2D eigenvalue weighted by atomic mass is 35.5. The van der Waals surface area contributed by atoms with Crippen LogP contribution < -0.4 is 5.32 Å². The summed E-state index contributed by atoms with van der Waals surface area (Å²) in [6.45, 7) is 0. The molecule has 100 valence electrons. The van der Waals surface area contributed by atoms with Gasteiger partial charge in [0.15, 0.2) is 5.82 Å². The Morgan fingerprint density at radius 2 is 1.90 bits per heavy atom. The fourth-order valence-electron chi connectivity index (χ4n) is 1.73. The lowest BCUT2D eigenvalue weighted by Gasteiger charge is -2.08. The van der Waals surface area contributed by atoms with E-state index in [0.29, 0.717) is 27.0 Å². The number of nitrogens with zero attached hydrogens (tertiary/aromatic N) is 3. The fourth-order valence-corrected chi connectivity index (χ4v) is 2.03. The second-order valence-electron chi connectivity index (χ2n) is 3.97. The molecular formula is C13H7Cl2FN4. The molecule has 0 aliphatic heterocycles. The minimum Gasteiger partial charge on any atom is -0.336 e. The molecule has 0 fully saturated rings. The summed E-state index contributed by atoms with van der Waals surface area (Å²) < 4.78 is 13.8. The number of halogens is 3. The molecule has 0 unspecified atom stereocenters. The third kappa shape index (κ3) is 2.50. The molecule has 0 saturated heterocycles. The van der Waals surface area contributed by atoms with Crippen molar-refractivity contribution in [2.75, 3.05) is 5.32 Å². The number of pyridine rings is 1. The first-order valence-corrected chi connectivity index (χ1v) is 6.38. The molecular weight excluding hydrogens is 302 g/mol. The monoisotopic (exact) mass is 308 g/mol. The van der Waals surface area contributed by atoms with Gasteiger partial charge in [-0.2, -0.15) is 0 Å². The molecule has 7 heteroatoms. The molecule has 0 aliphatic rings. The van der Waals surface area contributed by atoms with E-state index in [1.54, 1.807) is 18.2 Å². The molecule has 20 heavy (non-hydrogen) atoms. The Labute approximate surface area is 123 Å². The zero-order valence-corrected chi connectivity index (χ0v) is 11.5. The van der Waals surface area contributed by atoms with E-state index < -0.39 is 5.82 Å². The van der Waals surface area contributed by atoms with E-state index in [9.17, 15) is 4.39 Å². The van der Waals surface area contributed by atoms with Gasteiger partial charge in [0, 0.05) is 5.02 Å². The number of benzene rings is 1. The van der Waals surface area contributed by atoms with Gasteiger partial charge in [0.05, 0.1) is 11.2 Å². The van der Waals surface area contributed by atoms with E-state index in [1.807, 2.05) is 0 Å². The second kappa shape index (κ2) is 5.19. The van der Waals surface area contributed by atoms with Crippen LogP contribution in [0.5, 0.6) is 0 Å². The van der Waals surface area contributed by atoms with Gasteiger partial charge in [0.25, 0.3) is 0 Å². The summed E-state index contributed by atoms with van der Waals surface area (Å²) in [5.74, 6) is -0.106. The number of hydrogen-bond donors (Lipinski definition) is 1. The van der Waals surface area contributed by atoms with Crippen LogP contribution in [-0.2, 0) is 0 Å². The average Bonchev–Trinajstić information content (AvgIpc) is 2.42. The van der Waals surface area contributed by atoms with Gasteiger partial charge in [0.1, 0.15) is 22.8 Å². The van der Waals surface area contributed by atoms with Crippen LogP contribution in [0.25, 0.3) is 11.0 Å². The molecule has 3 aromatic rings. The van der Waals surface area contributed by atoms with Gasteiger partial charge >= 0.3 is 0 Å². The highest BCUT2D eigenvalue weighted by Crippen LogP contribution is 2.25. The van der Waals surface area contributed by atoms with Gasteiger partial charge < -0.3 is 5.32 Å². The minimum absolute atomic E-state index is 0.246. The quantitative estimate of drug-likeness (QED) is 0.720. The second-order valence-corrected chi connectivity index (χ2v) is 4.80. The maximum absolute atomic E-state index is 13.8. The lowest BCUT2D eigenvalue weighted by molar-refractivity contribution is 0.632. The van der Waals surface area contributed by atoms with Gasteiger partial charge in [0.2, 0.25) is 0 Å². The first-order chi connectivity index (χ1) is 9.63. The van der Waals surface area contributed by atoms with E-state index >= 15 is 0 Å². The van der Waals surface area contributed by atoms with Crippen molar-refractivity contribution in [3.63, 3.8) is 0 Å². The normalized spacial score (nSPS) is 10.8. The number of fused-ring (bicyclic) bond motifs is 1. The van der Waals surface area contributed by atoms with Crippen molar-refractivity contribution in [1.29, 1.82) is 0 Å². The Bertz CT molecular complexity index is 794. The van der Waals surface area contributed by atoms with E-state index in [4.69, 9.17) is 23.2 Å². The van der Waals surface area contributed by atoms with Crippen LogP contribution in [0.1, 0.15) is 0 Å². The standard InChI is InChI=1S/C13H7Cl2FN4/c14-7-1-2-9(8(16)5-7)19-13-12-10(17-6-18-13)3-4-11(15)20-12/h1-6H,(H,17,18,19). The summed E-state index contributed by atoms with van der Waals surface area (Å²) >= 11 is 11.6. The maximum Gasteiger partial charge on any atom is 0.160 e. The lowest BCUT2D eigenvalue weighted by Crippen LogP contribution is -1.99. The van der Waals surface area contributed by atoms with Crippen LogP contribution in [-0.4, -0.2) is 15.0 Å². The van der Waals surface area contributed by atoms with E-state index in [1.165, 1.54) is 18.5 Å². The molecule has 3 rings (SSSR count). The number of rotatable bonds is 2. The van der Waals surface area contributed by atoms with Gasteiger partial charge in [-0.3, -0.25) is 0 Å². The lowest BCUT2D eigenvalue weighted by atomic mass is 10.3. The molecule has 0 amide bonds. The summed E-state index contributed by atoms with van der Waals surface area (Å²) in [6.07, 6.45) is 1.37. The Balaban J connectivity index is 2.08. The Kier molecular flexibility index (Phi) is 3.38. The molecule has 0 bridgehead atoms. The average molecular weight is 309 g/mol. The molecule has 2 heterocycles. The van der Waals surface area contributed by atoms with Gasteiger partial charge in [-0.25, -0.2) is 19.3 Å². The molecule has 0 aliphatic carbocycles. The topological polar surface area (TPSA) is 50.7 Å². The molecule has 1 aromatic carbocycles. The highest BCUT2D eigenvalue weighted by molar-refractivity contribution is 6.30. The summed E-state index contributed by atoms with van der Waals surface area (Å²) in [6, 6.07) is 7.67. The third-order valence-corrected chi connectivity index (χ3v) is 3.08. The SMILES string of the molecule is Fc1cc(Cl)ccc1Nc1ncnc2ccc(Cl)nc12. The van der Waals surface area contributed by atoms with Crippen molar-refractivity contribution in [1.82, 2.24) is 15.0 Å². The Morgan fingerprint density at radius 1 is 1.05 bits per heavy atom. The summed E-state index contributed by atoms with van der Waals surface area (Å²) in [5.41, 5.74) is 1.33. The van der Waals surface area contributed by atoms with Crippen LogP contribution in [0.3, 0.4) is 0 Å². The Hall–Kier alpha value is -1.98. The number of anilines is 2. The summed E-state index contributed by atoms with van der Waals surface area (Å²) in [4.78, 5) is 12.3. The largest absolute Gasteiger partial charge is 0.336 e. The predicted octanol–water partition coefficient (Wildman–Crippen LogP) is 4.21. The molecule has 0 saturated carbocycles. The van der Waals surface area contributed by atoms with E-state index in [2.05, 4.69) is 20.3 Å². The van der Waals surface area contributed by atoms with E-state index in [-0.39, 0.29) is 5.69 Å². The van der Waals surface area contributed by atoms with Crippen LogP contribution in [0.4, 0.5) is 15.9 Å². The molecule has 0 radical (unpaired) electrons. The molecule has 0 spiro atoms. The van der Waals surface area contributed by atoms with Crippen molar-refractivity contribution in [3.8, 4) is 0 Å². The molecule has 4 nitrogen and oxygen atoms in total. The van der Waals surface area contributed by atoms with Crippen molar-refractivity contribution in [3.05, 3.63) is 52.7 Å². The number of nitrogens with one attached hydrogen (secondary N) is 1. The first-order valence-electron chi connectivity index (χ1n) is 5.63. The molecule has 0 atom stereocenters. The maximum atomic E-state index is 13.8. The zero-order chi connectivity index (χ0) is 14.1. The summed E-state index contributed by atoms with van der Waals surface area (Å²) in [5, 5.41) is 3.50. The molecule has 2 aromatic heterocycles. The number of aromatic nitrogens is 3. The fraction of sp³-hybridized carbons (Fsp3) is 0. The predicted molar refractivity (Wildman–Crippen MR) is 77.0 cm³/mol.